The Kier molecular flexibility index (Phi) is 6.03. The highest BCUT2D eigenvalue weighted by atomic mass is 35.5. The van der Waals surface area contributed by atoms with Crippen LogP contribution in [0.1, 0.15) is 30.4 Å². The molecule has 176 valence electrons. The van der Waals surface area contributed by atoms with Gasteiger partial charge in [0.05, 0.1) is 10.7 Å². The molecule has 0 aliphatic heterocycles. The Morgan fingerprint density at radius 1 is 1.09 bits per heavy atom. The molecule has 3 N–H and O–H groups in total. The number of nitrogens with one attached hydrogen (secondary N) is 2. The number of phenolic OH excluding ortho intramolecular Hbond substituents is 1. The number of halogens is 1. The van der Waals surface area contributed by atoms with Gasteiger partial charge in [0, 0.05) is 19.6 Å². The van der Waals surface area contributed by atoms with Gasteiger partial charge in [0.25, 0.3) is 0 Å². The van der Waals surface area contributed by atoms with Crippen LogP contribution in [-0.4, -0.2) is 55.6 Å². The van der Waals surface area contributed by atoms with E-state index in [4.69, 9.17) is 11.6 Å². The maximum absolute atomic E-state index is 12.6. The zero-order chi connectivity index (χ0) is 24.1. The van der Waals surface area contributed by atoms with E-state index in [0.717, 1.165) is 34.7 Å². The summed E-state index contributed by atoms with van der Waals surface area (Å²) in [6.07, 6.45) is 2.66. The molecule has 0 heterocycles. The lowest BCUT2D eigenvalue weighted by Crippen LogP contribution is -2.71. The molecule has 2 aliphatic carbocycles. The largest absolute Gasteiger partial charge is 0.504 e. The summed E-state index contributed by atoms with van der Waals surface area (Å²) in [6.45, 7) is 2.00. The number of nitrogens with zero attached hydrogens (tertiary/aromatic N) is 1. The van der Waals surface area contributed by atoms with E-state index in [1.165, 1.54) is 26.2 Å². The minimum absolute atomic E-state index is 0.00990. The van der Waals surface area contributed by atoms with Crippen molar-refractivity contribution in [3.63, 3.8) is 0 Å². The number of carbonyl (C=O) groups is 2. The second-order valence-electron chi connectivity index (χ2n) is 8.84. The van der Waals surface area contributed by atoms with E-state index in [-0.39, 0.29) is 10.7 Å². The van der Waals surface area contributed by atoms with Gasteiger partial charge in [-0.3, -0.25) is 14.9 Å². The van der Waals surface area contributed by atoms with E-state index in [9.17, 15) is 23.1 Å². The molecule has 2 atom stereocenters. The van der Waals surface area contributed by atoms with Crippen molar-refractivity contribution in [1.29, 1.82) is 0 Å². The molecule has 2 fully saturated rings. The van der Waals surface area contributed by atoms with Crippen LogP contribution in [0.5, 0.6) is 5.75 Å². The average molecular weight is 492 g/mol. The van der Waals surface area contributed by atoms with Crippen LogP contribution in [0, 0.1) is 6.92 Å². The van der Waals surface area contributed by atoms with Crippen LogP contribution in [-0.2, 0) is 25.2 Å². The Bertz CT molecular complexity index is 1240. The summed E-state index contributed by atoms with van der Waals surface area (Å²) in [4.78, 5) is 24.5. The van der Waals surface area contributed by atoms with Crippen LogP contribution in [0.25, 0.3) is 0 Å². The normalized spacial score (nSPS) is 22.1. The molecule has 2 saturated carbocycles. The quantitative estimate of drug-likeness (QED) is 0.402. The average Bonchev–Trinajstić information content (AvgIpc) is 2.73. The molecule has 0 amide bonds. The maximum atomic E-state index is 12.6. The molecule has 0 bridgehead atoms. The number of benzene rings is 2. The van der Waals surface area contributed by atoms with Gasteiger partial charge in [-0.05, 0) is 43.9 Å². The van der Waals surface area contributed by atoms with Crippen molar-refractivity contribution in [2.45, 2.75) is 48.7 Å². The highest BCUT2D eigenvalue weighted by Gasteiger charge is 2.54. The van der Waals surface area contributed by atoms with Gasteiger partial charge in [-0.25, -0.2) is 12.7 Å². The summed E-state index contributed by atoms with van der Waals surface area (Å²) in [6, 6.07) is 9.02. The number of hydrogen-bond acceptors (Lipinski definition) is 7. The van der Waals surface area contributed by atoms with Crippen molar-refractivity contribution in [3.8, 4) is 5.75 Å². The number of rotatable bonds is 7. The summed E-state index contributed by atoms with van der Waals surface area (Å²) < 4.78 is 26.2. The highest BCUT2D eigenvalue weighted by Crippen LogP contribution is 2.44. The lowest BCUT2D eigenvalue weighted by atomic mass is 9.69. The summed E-state index contributed by atoms with van der Waals surface area (Å²) in [7, 11) is -1.40. The Balaban J connectivity index is 1.63. The van der Waals surface area contributed by atoms with E-state index in [2.05, 4.69) is 16.7 Å². The molecule has 2 aliphatic rings. The van der Waals surface area contributed by atoms with E-state index < -0.39 is 49.9 Å². The first-order valence-corrected chi connectivity index (χ1v) is 12.4. The van der Waals surface area contributed by atoms with Crippen LogP contribution in [0.2, 0.25) is 5.02 Å². The molecule has 0 saturated heterocycles. The van der Waals surface area contributed by atoms with Gasteiger partial charge in [0.15, 0.2) is 5.75 Å². The third-order valence-electron chi connectivity index (χ3n) is 6.48. The predicted octanol–water partition coefficient (Wildman–Crippen LogP) is 2.57. The molecule has 2 aromatic carbocycles. The molecule has 33 heavy (non-hydrogen) atoms. The van der Waals surface area contributed by atoms with Gasteiger partial charge in [0.2, 0.25) is 21.6 Å². The summed E-state index contributed by atoms with van der Waals surface area (Å²) in [5.41, 5.74) is 1.77. The summed E-state index contributed by atoms with van der Waals surface area (Å²) >= 11 is 6.06. The van der Waals surface area contributed by atoms with E-state index in [1.807, 2.05) is 25.1 Å². The van der Waals surface area contributed by atoms with Crippen LogP contribution in [0.4, 0.5) is 5.69 Å². The van der Waals surface area contributed by atoms with Crippen molar-refractivity contribution >= 4 is 38.9 Å². The fourth-order valence-corrected chi connectivity index (χ4v) is 5.84. The Labute approximate surface area is 198 Å². The van der Waals surface area contributed by atoms with E-state index >= 15 is 0 Å². The Morgan fingerprint density at radius 3 is 2.33 bits per heavy atom. The molecule has 8 nitrogen and oxygen atoms in total. The first kappa shape index (κ1) is 23.7. The number of aromatic hydroxyl groups is 1. The molecule has 0 spiro atoms. The molecule has 2 unspecified atom stereocenters. The van der Waals surface area contributed by atoms with Gasteiger partial charge >= 0.3 is 0 Å². The zero-order valence-electron chi connectivity index (χ0n) is 18.6. The standard InChI is InChI=1S/C23H26ClN3O5S/c1-13-6-4-7-14(12-13)23(10-5-11-23)26-18-17(20(29)21(18)30)25-16-9-8-15(24)22(19(16)28)33(31,32)27(2)3/h4,6-9,12,17-18,25-26,28H,5,10-11H2,1-3H3. The number of carbonyl (C=O) groups excluding carboxylic acids is 2. The van der Waals surface area contributed by atoms with Crippen LogP contribution in [0.15, 0.2) is 41.3 Å². The number of phenols is 1. The number of Topliss-reactive ketones (excluding diaryl/α,β-unsaturated/α-hetero) is 2. The lowest BCUT2D eigenvalue weighted by molar-refractivity contribution is -0.146. The summed E-state index contributed by atoms with van der Waals surface area (Å²) in [5.74, 6) is -1.77. The van der Waals surface area contributed by atoms with Crippen LogP contribution < -0.4 is 10.6 Å². The van der Waals surface area contributed by atoms with Crippen molar-refractivity contribution < 1.29 is 23.1 Å². The fraction of sp³-hybridized carbons (Fsp3) is 0.391. The number of hydrogen-bond donors (Lipinski definition) is 3. The third-order valence-corrected chi connectivity index (χ3v) is 8.80. The van der Waals surface area contributed by atoms with Crippen molar-refractivity contribution in [2.75, 3.05) is 19.4 Å². The van der Waals surface area contributed by atoms with Crippen LogP contribution >= 0.6 is 11.6 Å². The minimum Gasteiger partial charge on any atom is -0.504 e. The zero-order valence-corrected chi connectivity index (χ0v) is 20.1. The minimum atomic E-state index is -4.04. The van der Waals surface area contributed by atoms with Crippen molar-refractivity contribution in [1.82, 2.24) is 9.62 Å². The number of sulfonamides is 1. The summed E-state index contributed by atoms with van der Waals surface area (Å²) in [5, 5.41) is 16.8. The first-order valence-electron chi connectivity index (χ1n) is 10.6. The molecule has 2 aromatic rings. The van der Waals surface area contributed by atoms with Crippen LogP contribution in [0.3, 0.4) is 0 Å². The topological polar surface area (TPSA) is 116 Å². The Hall–Kier alpha value is -2.46. The maximum Gasteiger partial charge on any atom is 0.247 e. The number of ketones is 2. The lowest BCUT2D eigenvalue weighted by Gasteiger charge is -2.49. The van der Waals surface area contributed by atoms with Gasteiger partial charge in [-0.15, -0.1) is 0 Å². The number of aryl methyl sites for hydroxylation is 1. The third kappa shape index (κ3) is 3.93. The molecule has 0 radical (unpaired) electrons. The van der Waals surface area contributed by atoms with Gasteiger partial charge in [-0.2, -0.15) is 0 Å². The van der Waals surface area contributed by atoms with E-state index in [0.29, 0.717) is 0 Å². The van der Waals surface area contributed by atoms with Gasteiger partial charge < -0.3 is 10.4 Å². The van der Waals surface area contributed by atoms with Crippen molar-refractivity contribution in [3.05, 3.63) is 52.5 Å². The first-order chi connectivity index (χ1) is 15.5. The SMILES string of the molecule is Cc1cccc(C2(NC3C(=O)C(=O)C3Nc3ccc(Cl)c(S(=O)(=O)N(C)C)c3O)CCC2)c1. The predicted molar refractivity (Wildman–Crippen MR) is 125 cm³/mol. The second-order valence-corrected chi connectivity index (χ2v) is 11.3. The van der Waals surface area contributed by atoms with Crippen molar-refractivity contribution in [2.24, 2.45) is 0 Å². The Morgan fingerprint density at radius 2 is 1.76 bits per heavy atom. The molecular weight excluding hydrogens is 466 g/mol. The monoisotopic (exact) mass is 491 g/mol. The fourth-order valence-electron chi connectivity index (χ4n) is 4.36. The van der Waals surface area contributed by atoms with Gasteiger partial charge in [-0.1, -0.05) is 41.4 Å². The smallest absolute Gasteiger partial charge is 0.247 e. The van der Waals surface area contributed by atoms with Gasteiger partial charge in [0.1, 0.15) is 17.0 Å². The molecule has 0 aromatic heterocycles. The molecule has 4 rings (SSSR count). The molecule has 10 heteroatoms. The number of anilines is 1. The molecular formula is C23H26ClN3O5S. The second kappa shape index (κ2) is 8.39. The highest BCUT2D eigenvalue weighted by molar-refractivity contribution is 7.89. The van der Waals surface area contributed by atoms with E-state index in [1.54, 1.807) is 0 Å².